The summed E-state index contributed by atoms with van der Waals surface area (Å²) in [7, 11) is 1.61. The van der Waals surface area contributed by atoms with Gasteiger partial charge in [0.05, 0.1) is 12.6 Å². The highest BCUT2D eigenvalue weighted by Gasteiger charge is 2.31. The highest BCUT2D eigenvalue weighted by Crippen LogP contribution is 2.36. The maximum Gasteiger partial charge on any atom is 0.303 e. The molecule has 34 heavy (non-hydrogen) atoms. The number of nitrogens with zero attached hydrogens (tertiary/aromatic N) is 2. The number of alkyl halides is 1. The molecule has 186 valence electrons. The molecule has 1 N–H and O–H groups in total. The molecule has 2 fully saturated rings. The van der Waals surface area contributed by atoms with E-state index in [1.807, 2.05) is 18.2 Å². The van der Waals surface area contributed by atoms with Crippen molar-refractivity contribution in [2.24, 2.45) is 17.8 Å². The molecule has 0 amide bonds. The Balaban J connectivity index is 1.35. The lowest BCUT2D eigenvalue weighted by Crippen LogP contribution is -2.42. The average Bonchev–Trinajstić information content (AvgIpc) is 2.86. The Labute approximate surface area is 202 Å². The summed E-state index contributed by atoms with van der Waals surface area (Å²) in [5, 5.41) is 10.3. The molecular formula is C28H39FN2O3. The van der Waals surface area contributed by atoms with Crippen LogP contribution < -0.4 is 4.74 Å². The van der Waals surface area contributed by atoms with Crippen LogP contribution in [0.3, 0.4) is 0 Å². The highest BCUT2D eigenvalue weighted by molar-refractivity contribution is 5.83. The minimum Gasteiger partial charge on any atom is -0.497 e. The van der Waals surface area contributed by atoms with E-state index in [0.717, 1.165) is 42.9 Å². The Kier molecular flexibility index (Phi) is 8.76. The quantitative estimate of drug-likeness (QED) is 0.434. The molecule has 1 aliphatic carbocycles. The summed E-state index contributed by atoms with van der Waals surface area (Å²) < 4.78 is 20.8. The molecule has 5 nitrogen and oxygen atoms in total. The van der Waals surface area contributed by atoms with Crippen LogP contribution in [0.4, 0.5) is 4.39 Å². The fourth-order valence-corrected chi connectivity index (χ4v) is 6.10. The van der Waals surface area contributed by atoms with Crippen LogP contribution in [-0.4, -0.2) is 47.7 Å². The molecule has 2 aromatic rings. The molecule has 1 aliphatic heterocycles. The van der Waals surface area contributed by atoms with Crippen molar-refractivity contribution < 1.29 is 19.0 Å². The first-order chi connectivity index (χ1) is 16.5. The molecule has 1 aromatic carbocycles. The van der Waals surface area contributed by atoms with Crippen LogP contribution in [0, 0.1) is 17.8 Å². The van der Waals surface area contributed by atoms with Gasteiger partial charge in [-0.25, -0.2) is 4.39 Å². The smallest absolute Gasteiger partial charge is 0.303 e. The maximum absolute atomic E-state index is 15.5. The third-order valence-corrected chi connectivity index (χ3v) is 8.10. The van der Waals surface area contributed by atoms with Crippen molar-refractivity contribution in [2.75, 3.05) is 26.7 Å². The topological polar surface area (TPSA) is 62.7 Å². The number of methoxy groups -OCH3 is 1. The number of ether oxygens (including phenoxy) is 1. The molecule has 6 heteroatoms. The first-order valence-electron chi connectivity index (χ1n) is 13.0. The molecule has 1 aromatic heterocycles. The van der Waals surface area contributed by atoms with Crippen molar-refractivity contribution in [1.29, 1.82) is 0 Å². The van der Waals surface area contributed by atoms with Gasteiger partial charge in [-0.1, -0.05) is 32.1 Å². The van der Waals surface area contributed by atoms with Crippen molar-refractivity contribution in [1.82, 2.24) is 9.88 Å². The molecule has 0 spiro atoms. The molecule has 1 saturated carbocycles. The fourth-order valence-electron chi connectivity index (χ4n) is 6.10. The van der Waals surface area contributed by atoms with E-state index in [9.17, 15) is 9.90 Å². The number of aliphatic carboxylic acids is 1. The molecule has 0 bridgehead atoms. The number of carboxylic acid groups (broad SMARTS) is 1. The van der Waals surface area contributed by atoms with Crippen LogP contribution in [0.2, 0.25) is 0 Å². The van der Waals surface area contributed by atoms with Crippen molar-refractivity contribution in [3.63, 3.8) is 0 Å². The van der Waals surface area contributed by atoms with Crippen LogP contribution in [0.5, 0.6) is 5.75 Å². The second kappa shape index (κ2) is 12.0. The number of likely N-dealkylation sites (tertiary alicyclic amines) is 1. The number of hydrogen-bond donors (Lipinski definition) is 1. The number of carboxylic acids is 1. The van der Waals surface area contributed by atoms with Crippen LogP contribution >= 0.6 is 0 Å². The Bertz CT molecular complexity index is 946. The second-order valence-corrected chi connectivity index (χ2v) is 10.3. The summed E-state index contributed by atoms with van der Waals surface area (Å²) in [6.45, 7) is 2.90. The van der Waals surface area contributed by atoms with E-state index in [2.05, 4.69) is 9.88 Å². The van der Waals surface area contributed by atoms with E-state index in [4.69, 9.17) is 4.74 Å². The van der Waals surface area contributed by atoms with Gasteiger partial charge in [0, 0.05) is 24.5 Å². The number of carbonyl (C=O) groups is 1. The Morgan fingerprint density at radius 1 is 1.18 bits per heavy atom. The minimum atomic E-state index is -1.10. The van der Waals surface area contributed by atoms with Gasteiger partial charge >= 0.3 is 5.97 Å². The van der Waals surface area contributed by atoms with Gasteiger partial charge in [-0.3, -0.25) is 9.78 Å². The number of fused-ring (bicyclic) bond motifs is 1. The number of halogens is 1. The first kappa shape index (κ1) is 24.9. The summed E-state index contributed by atoms with van der Waals surface area (Å²) in [6.07, 6.45) is 10.8. The van der Waals surface area contributed by atoms with Crippen molar-refractivity contribution in [3.05, 3.63) is 36.0 Å². The van der Waals surface area contributed by atoms with E-state index in [0.29, 0.717) is 24.2 Å². The number of hydrogen-bond acceptors (Lipinski definition) is 4. The fraction of sp³-hybridized carbons (Fsp3) is 0.643. The Morgan fingerprint density at radius 3 is 2.76 bits per heavy atom. The van der Waals surface area contributed by atoms with E-state index in [-0.39, 0.29) is 18.3 Å². The van der Waals surface area contributed by atoms with E-state index in [1.165, 1.54) is 38.5 Å². The second-order valence-electron chi connectivity index (χ2n) is 10.3. The zero-order chi connectivity index (χ0) is 23.9. The minimum absolute atomic E-state index is 0.0964. The highest BCUT2D eigenvalue weighted by atomic mass is 19.1. The predicted octanol–water partition coefficient (Wildman–Crippen LogP) is 6.42. The van der Waals surface area contributed by atoms with Gasteiger partial charge in [0.15, 0.2) is 0 Å². The van der Waals surface area contributed by atoms with Gasteiger partial charge in [0.1, 0.15) is 11.9 Å². The predicted molar refractivity (Wildman–Crippen MR) is 133 cm³/mol. The third-order valence-electron chi connectivity index (χ3n) is 8.10. The molecule has 0 radical (unpaired) electrons. The molecule has 2 aliphatic rings. The monoisotopic (exact) mass is 470 g/mol. The van der Waals surface area contributed by atoms with Crippen LogP contribution in [0.1, 0.15) is 75.9 Å². The first-order valence-corrected chi connectivity index (χ1v) is 13.0. The third kappa shape index (κ3) is 6.47. The standard InChI is InChI=1S/C28H39FN2O3/c1-34-23-8-10-27-25(18-23)24(11-14-30-27)26(29)9-7-21-13-16-31(19-22(21)17-28(32)33)15-12-20-5-3-2-4-6-20/h8,10-11,14,18,20-22,26H,2-7,9,12-13,15-17,19H2,1H3,(H,32,33)/t21-,22+,26+/m1/s1. The Hall–Kier alpha value is -2.21. The number of piperidine rings is 1. The van der Waals surface area contributed by atoms with Gasteiger partial charge in [-0.2, -0.15) is 0 Å². The molecule has 3 atom stereocenters. The van der Waals surface area contributed by atoms with Gasteiger partial charge in [0.2, 0.25) is 0 Å². The lowest BCUT2D eigenvalue weighted by atomic mass is 9.79. The number of aromatic nitrogens is 1. The van der Waals surface area contributed by atoms with Crippen LogP contribution in [0.15, 0.2) is 30.5 Å². The lowest BCUT2D eigenvalue weighted by Gasteiger charge is -2.39. The van der Waals surface area contributed by atoms with Crippen molar-refractivity contribution in [2.45, 2.75) is 70.4 Å². The molecule has 0 unspecified atom stereocenters. The van der Waals surface area contributed by atoms with Crippen molar-refractivity contribution >= 4 is 16.9 Å². The summed E-state index contributed by atoms with van der Waals surface area (Å²) in [4.78, 5) is 18.4. The molecule has 2 heterocycles. The SMILES string of the molecule is COc1ccc2nccc([C@@H](F)CC[C@@H]3CCN(CCC4CCCCC4)C[C@@H]3CC(=O)O)c2c1. The largest absolute Gasteiger partial charge is 0.497 e. The molecular weight excluding hydrogens is 431 g/mol. The Morgan fingerprint density at radius 2 is 2.00 bits per heavy atom. The van der Waals surface area contributed by atoms with Crippen molar-refractivity contribution in [3.8, 4) is 5.75 Å². The molecule has 1 saturated heterocycles. The number of pyridine rings is 1. The lowest BCUT2D eigenvalue weighted by molar-refractivity contribution is -0.139. The summed E-state index contributed by atoms with van der Waals surface area (Å²) in [5.74, 6) is 1.14. The van der Waals surface area contributed by atoms with Gasteiger partial charge < -0.3 is 14.7 Å². The van der Waals surface area contributed by atoms with Gasteiger partial charge in [-0.15, -0.1) is 0 Å². The van der Waals surface area contributed by atoms with E-state index in [1.54, 1.807) is 19.4 Å². The number of benzene rings is 1. The van der Waals surface area contributed by atoms with Gasteiger partial charge in [-0.05, 0) is 86.4 Å². The maximum atomic E-state index is 15.5. The zero-order valence-corrected chi connectivity index (χ0v) is 20.4. The summed E-state index contributed by atoms with van der Waals surface area (Å²) >= 11 is 0. The van der Waals surface area contributed by atoms with E-state index >= 15 is 4.39 Å². The van der Waals surface area contributed by atoms with Crippen LogP contribution in [0.25, 0.3) is 10.9 Å². The summed E-state index contributed by atoms with van der Waals surface area (Å²) in [5.41, 5.74) is 1.40. The summed E-state index contributed by atoms with van der Waals surface area (Å²) in [6, 6.07) is 7.30. The average molecular weight is 471 g/mol. The van der Waals surface area contributed by atoms with Crippen LogP contribution in [-0.2, 0) is 4.79 Å². The van der Waals surface area contributed by atoms with E-state index < -0.39 is 12.1 Å². The molecule has 4 rings (SSSR count). The normalized spacial score (nSPS) is 23.1. The zero-order valence-electron chi connectivity index (χ0n) is 20.4. The number of rotatable bonds is 10. The van der Waals surface area contributed by atoms with Gasteiger partial charge in [0.25, 0.3) is 0 Å².